The molecule has 1 atom stereocenters. The van der Waals surface area contributed by atoms with Crippen molar-refractivity contribution >= 4 is 16.7 Å². The van der Waals surface area contributed by atoms with E-state index in [4.69, 9.17) is 9.52 Å². The van der Waals surface area contributed by atoms with E-state index in [-0.39, 0.29) is 17.4 Å². The maximum atomic E-state index is 13.3. The normalized spacial score (nSPS) is 12.6. The number of benzene rings is 3. The van der Waals surface area contributed by atoms with E-state index in [1.54, 1.807) is 6.92 Å². The molecule has 5 rings (SSSR count). The lowest BCUT2D eigenvalue weighted by molar-refractivity contribution is 0.0940. The van der Waals surface area contributed by atoms with Gasteiger partial charge in [-0.05, 0) is 47.5 Å². The van der Waals surface area contributed by atoms with Gasteiger partial charge in [0, 0.05) is 17.9 Å². The number of nitrogens with zero attached hydrogens (tertiary/aromatic N) is 4. The first-order valence-electron chi connectivity index (χ1n) is 12.0. The van der Waals surface area contributed by atoms with E-state index in [1.165, 1.54) is 0 Å². The summed E-state index contributed by atoms with van der Waals surface area (Å²) in [5.41, 5.74) is 3.79. The monoisotopic (exact) mass is 479 g/mol. The van der Waals surface area contributed by atoms with Gasteiger partial charge in [-0.15, -0.1) is 10.2 Å². The van der Waals surface area contributed by atoms with Gasteiger partial charge < -0.3 is 9.73 Å². The van der Waals surface area contributed by atoms with Gasteiger partial charge in [-0.3, -0.25) is 4.79 Å². The summed E-state index contributed by atoms with van der Waals surface area (Å²) in [6, 6.07) is 23.7. The van der Waals surface area contributed by atoms with Crippen LogP contribution in [0.4, 0.5) is 0 Å². The molecule has 0 unspecified atom stereocenters. The summed E-state index contributed by atoms with van der Waals surface area (Å²) < 4.78 is 7.45. The number of fused-ring (bicyclic) bond motifs is 1. The molecular weight excluding hydrogens is 450 g/mol. The third-order valence-electron chi connectivity index (χ3n) is 6.21. The molecule has 0 aliphatic rings. The smallest absolute Gasteiger partial charge is 0.268 e. The van der Waals surface area contributed by atoms with E-state index < -0.39 is 0 Å². The first kappa shape index (κ1) is 23.5. The molecule has 0 spiro atoms. The predicted molar refractivity (Wildman–Crippen MR) is 140 cm³/mol. The molecule has 0 saturated carbocycles. The lowest BCUT2D eigenvalue weighted by Gasteiger charge is -2.20. The number of carbonyl (C=O) groups is 1. The molecule has 1 N–H and O–H groups in total. The predicted octanol–water partition coefficient (Wildman–Crippen LogP) is 6.17. The molecule has 0 saturated heterocycles. The number of carbonyl (C=O) groups excluding carboxylic acids is 1. The summed E-state index contributed by atoms with van der Waals surface area (Å²) in [4.78, 5) is 13.3. The van der Waals surface area contributed by atoms with Crippen LogP contribution in [0.1, 0.15) is 61.2 Å². The van der Waals surface area contributed by atoms with Crippen LogP contribution in [0.25, 0.3) is 28.0 Å². The van der Waals surface area contributed by atoms with Crippen molar-refractivity contribution in [3.8, 4) is 17.3 Å². The fourth-order valence-electron chi connectivity index (χ4n) is 4.38. The van der Waals surface area contributed by atoms with Crippen molar-refractivity contribution in [1.82, 2.24) is 25.3 Å². The molecule has 0 radical (unpaired) electrons. The Labute approximate surface area is 210 Å². The maximum absolute atomic E-state index is 13.3. The summed E-state index contributed by atoms with van der Waals surface area (Å²) in [6.45, 7) is 10.1. The van der Waals surface area contributed by atoms with Crippen LogP contribution in [0.2, 0.25) is 0 Å². The molecule has 36 heavy (non-hydrogen) atoms. The Bertz CT molecular complexity index is 1550. The van der Waals surface area contributed by atoms with Crippen molar-refractivity contribution in [3.63, 3.8) is 0 Å². The Kier molecular flexibility index (Phi) is 5.92. The Morgan fingerprint density at radius 1 is 0.972 bits per heavy atom. The van der Waals surface area contributed by atoms with Crippen molar-refractivity contribution in [1.29, 1.82) is 0 Å². The summed E-state index contributed by atoms with van der Waals surface area (Å²) in [6.07, 6.45) is 0. The lowest BCUT2D eigenvalue weighted by atomic mass is 9.91. The van der Waals surface area contributed by atoms with Crippen molar-refractivity contribution in [2.75, 3.05) is 0 Å². The van der Waals surface area contributed by atoms with Crippen molar-refractivity contribution in [2.24, 2.45) is 0 Å². The minimum absolute atomic E-state index is 0.144. The zero-order valence-corrected chi connectivity index (χ0v) is 21.1. The Morgan fingerprint density at radius 2 is 1.72 bits per heavy atom. The van der Waals surface area contributed by atoms with Crippen LogP contribution in [0, 0.1) is 6.92 Å². The van der Waals surface area contributed by atoms with Crippen molar-refractivity contribution in [2.45, 2.75) is 46.1 Å². The van der Waals surface area contributed by atoms with E-state index in [0.717, 1.165) is 27.7 Å². The molecule has 2 aromatic heterocycles. The highest BCUT2D eigenvalue weighted by atomic mass is 16.4. The second kappa shape index (κ2) is 9.07. The number of hydrogen-bond acceptors (Lipinski definition) is 5. The average Bonchev–Trinajstić information content (AvgIpc) is 3.50. The van der Waals surface area contributed by atoms with Crippen LogP contribution in [-0.4, -0.2) is 25.9 Å². The topological polar surface area (TPSA) is 85.8 Å². The van der Waals surface area contributed by atoms with Crippen LogP contribution in [-0.2, 0) is 5.41 Å². The fraction of sp³-hybridized carbons (Fsp3) is 0.241. The molecule has 182 valence electrons. The SMILES string of the molecule is Cc1nnc(-c2cc(C(C)(C)C)n(-c3cccc(C(=O)N[C@H](C)c4cccc5ccccc45)c3)n2)o1. The molecule has 1 amide bonds. The molecular formula is C29H29N5O2. The molecule has 3 aromatic carbocycles. The fourth-order valence-corrected chi connectivity index (χ4v) is 4.38. The highest BCUT2D eigenvalue weighted by Crippen LogP contribution is 2.30. The van der Waals surface area contributed by atoms with E-state index in [0.29, 0.717) is 23.0 Å². The van der Waals surface area contributed by atoms with Gasteiger partial charge in [-0.2, -0.15) is 5.10 Å². The molecule has 7 heteroatoms. The largest absolute Gasteiger partial charge is 0.420 e. The van der Waals surface area contributed by atoms with Gasteiger partial charge in [-0.1, -0.05) is 69.3 Å². The molecule has 0 aliphatic carbocycles. The van der Waals surface area contributed by atoms with Gasteiger partial charge in [0.2, 0.25) is 5.89 Å². The van der Waals surface area contributed by atoms with Gasteiger partial charge in [0.25, 0.3) is 11.8 Å². The van der Waals surface area contributed by atoms with Crippen LogP contribution >= 0.6 is 0 Å². The maximum Gasteiger partial charge on any atom is 0.268 e. The minimum Gasteiger partial charge on any atom is -0.420 e. The zero-order valence-electron chi connectivity index (χ0n) is 21.1. The van der Waals surface area contributed by atoms with Crippen LogP contribution in [0.3, 0.4) is 0 Å². The highest BCUT2D eigenvalue weighted by molar-refractivity contribution is 5.95. The van der Waals surface area contributed by atoms with E-state index >= 15 is 0 Å². The van der Waals surface area contributed by atoms with Crippen molar-refractivity contribution < 1.29 is 9.21 Å². The average molecular weight is 480 g/mol. The number of aryl methyl sites for hydroxylation is 1. The second-order valence-corrected chi connectivity index (χ2v) is 10.0. The number of rotatable bonds is 5. The molecule has 0 bridgehead atoms. The molecule has 0 fully saturated rings. The van der Waals surface area contributed by atoms with Crippen LogP contribution < -0.4 is 5.32 Å². The summed E-state index contributed by atoms with van der Waals surface area (Å²) in [5.74, 6) is 0.708. The highest BCUT2D eigenvalue weighted by Gasteiger charge is 2.25. The minimum atomic E-state index is -0.207. The standard InChI is InChI=1S/C29H29N5O2/c1-18(23-15-9-11-20-10-6-7-14-24(20)23)30-27(35)21-12-8-13-22(16-21)34-26(29(3,4)5)17-25(33-34)28-32-31-19(2)36-28/h6-18H,1-5H3,(H,30,35)/t18-/m1/s1. The second-order valence-electron chi connectivity index (χ2n) is 10.0. The number of hydrogen-bond donors (Lipinski definition) is 1. The van der Waals surface area contributed by atoms with E-state index in [1.807, 2.05) is 60.1 Å². The number of aromatic nitrogens is 4. The third kappa shape index (κ3) is 4.52. The Balaban J connectivity index is 1.46. The first-order chi connectivity index (χ1) is 17.2. The van der Waals surface area contributed by atoms with Gasteiger partial charge in [0.1, 0.15) is 5.69 Å². The van der Waals surface area contributed by atoms with Gasteiger partial charge >= 0.3 is 0 Å². The van der Waals surface area contributed by atoms with Crippen LogP contribution in [0.5, 0.6) is 0 Å². The van der Waals surface area contributed by atoms with Crippen molar-refractivity contribution in [3.05, 3.63) is 95.5 Å². The summed E-state index contributed by atoms with van der Waals surface area (Å²) in [7, 11) is 0. The van der Waals surface area contributed by atoms with E-state index in [9.17, 15) is 4.79 Å². The Morgan fingerprint density at radius 3 is 2.47 bits per heavy atom. The van der Waals surface area contributed by atoms with E-state index in [2.05, 4.69) is 60.6 Å². The zero-order chi connectivity index (χ0) is 25.4. The summed E-state index contributed by atoms with van der Waals surface area (Å²) >= 11 is 0. The van der Waals surface area contributed by atoms with Crippen LogP contribution in [0.15, 0.2) is 77.2 Å². The third-order valence-corrected chi connectivity index (χ3v) is 6.21. The molecule has 0 aliphatic heterocycles. The number of amides is 1. The molecule has 7 nitrogen and oxygen atoms in total. The van der Waals surface area contributed by atoms with Gasteiger partial charge in [0.05, 0.1) is 17.4 Å². The van der Waals surface area contributed by atoms with Gasteiger partial charge in [0.15, 0.2) is 0 Å². The molecule has 5 aromatic rings. The quantitative estimate of drug-likeness (QED) is 0.326. The first-order valence-corrected chi connectivity index (χ1v) is 12.0. The lowest BCUT2D eigenvalue weighted by Crippen LogP contribution is -2.27. The summed E-state index contributed by atoms with van der Waals surface area (Å²) in [5, 5.41) is 18.3. The number of nitrogens with one attached hydrogen (secondary N) is 1. The molecule has 2 heterocycles. The van der Waals surface area contributed by atoms with Gasteiger partial charge in [-0.25, -0.2) is 4.68 Å². The Hall–Kier alpha value is -4.26.